The summed E-state index contributed by atoms with van der Waals surface area (Å²) in [6.07, 6.45) is 4.64. The SMILES string of the molecule is CCOc1ccc2[nH]cc(CCNc3nccc(Nc4ccc5nc(C)[nH]c5c4)n3)c2c1. The fourth-order valence-electron chi connectivity index (χ4n) is 3.81. The molecule has 8 nitrogen and oxygen atoms in total. The first-order valence-electron chi connectivity index (χ1n) is 10.7. The number of aromatic amines is 2. The molecule has 2 aromatic carbocycles. The molecule has 0 saturated heterocycles. The summed E-state index contributed by atoms with van der Waals surface area (Å²) in [5, 5.41) is 7.84. The zero-order valence-corrected chi connectivity index (χ0v) is 18.1. The minimum Gasteiger partial charge on any atom is -0.494 e. The van der Waals surface area contributed by atoms with E-state index in [4.69, 9.17) is 4.74 Å². The van der Waals surface area contributed by atoms with E-state index in [-0.39, 0.29) is 0 Å². The van der Waals surface area contributed by atoms with Gasteiger partial charge in [-0.2, -0.15) is 4.98 Å². The Balaban J connectivity index is 1.24. The van der Waals surface area contributed by atoms with Crippen molar-refractivity contribution in [2.45, 2.75) is 20.3 Å². The Bertz CT molecular complexity index is 1370. The maximum Gasteiger partial charge on any atom is 0.224 e. The van der Waals surface area contributed by atoms with E-state index >= 15 is 0 Å². The molecule has 32 heavy (non-hydrogen) atoms. The molecule has 0 unspecified atom stereocenters. The van der Waals surface area contributed by atoms with Gasteiger partial charge in [0.05, 0.1) is 17.6 Å². The van der Waals surface area contributed by atoms with Crippen molar-refractivity contribution >= 4 is 39.4 Å². The average molecular weight is 428 g/mol. The Morgan fingerprint density at radius 1 is 1.03 bits per heavy atom. The summed E-state index contributed by atoms with van der Waals surface area (Å²) in [5.74, 6) is 3.10. The van der Waals surface area contributed by atoms with Crippen LogP contribution in [-0.2, 0) is 6.42 Å². The molecule has 5 rings (SSSR count). The first-order chi connectivity index (χ1) is 15.7. The Labute approximate surface area is 185 Å². The molecule has 0 aliphatic rings. The number of fused-ring (bicyclic) bond motifs is 2. The molecule has 0 atom stereocenters. The standard InChI is InChI=1S/C24H25N7O/c1-3-32-18-5-7-20-19(13-18)16(14-27-20)8-10-25-24-26-11-9-23(31-24)30-17-4-6-21-22(12-17)29-15(2)28-21/h4-7,9,11-14,27H,3,8,10H2,1-2H3,(H,28,29)(H2,25,26,30,31). The van der Waals surface area contributed by atoms with Gasteiger partial charge >= 0.3 is 0 Å². The summed E-state index contributed by atoms with van der Waals surface area (Å²) in [5.41, 5.74) is 5.21. The van der Waals surface area contributed by atoms with Gasteiger partial charge in [-0.1, -0.05) is 0 Å². The van der Waals surface area contributed by atoms with E-state index < -0.39 is 0 Å². The van der Waals surface area contributed by atoms with Crippen LogP contribution in [0.2, 0.25) is 0 Å². The summed E-state index contributed by atoms with van der Waals surface area (Å²) in [7, 11) is 0. The molecule has 0 aliphatic carbocycles. The van der Waals surface area contributed by atoms with E-state index in [9.17, 15) is 0 Å². The largest absolute Gasteiger partial charge is 0.494 e. The van der Waals surface area contributed by atoms with Crippen molar-refractivity contribution in [1.29, 1.82) is 0 Å². The smallest absolute Gasteiger partial charge is 0.224 e. The van der Waals surface area contributed by atoms with Crippen molar-refractivity contribution in [3.8, 4) is 5.75 Å². The number of H-pyrrole nitrogens is 2. The Morgan fingerprint density at radius 3 is 2.88 bits per heavy atom. The summed E-state index contributed by atoms with van der Waals surface area (Å²) in [6.45, 7) is 5.31. The van der Waals surface area contributed by atoms with Gasteiger partial charge in [-0.15, -0.1) is 0 Å². The highest BCUT2D eigenvalue weighted by atomic mass is 16.5. The average Bonchev–Trinajstić information content (AvgIpc) is 3.36. The number of aryl methyl sites for hydroxylation is 1. The Morgan fingerprint density at radius 2 is 1.97 bits per heavy atom. The number of aromatic nitrogens is 5. The molecule has 5 aromatic rings. The van der Waals surface area contributed by atoms with Crippen molar-refractivity contribution < 1.29 is 4.74 Å². The van der Waals surface area contributed by atoms with Crippen molar-refractivity contribution in [3.05, 3.63) is 66.2 Å². The van der Waals surface area contributed by atoms with Crippen LogP contribution in [0.5, 0.6) is 5.75 Å². The van der Waals surface area contributed by atoms with Crippen molar-refractivity contribution in [2.75, 3.05) is 23.8 Å². The van der Waals surface area contributed by atoms with E-state index in [1.165, 1.54) is 10.9 Å². The van der Waals surface area contributed by atoms with Gasteiger partial charge in [-0.3, -0.25) is 0 Å². The van der Waals surface area contributed by atoms with Gasteiger partial charge in [0.15, 0.2) is 0 Å². The topological polar surface area (TPSA) is 104 Å². The van der Waals surface area contributed by atoms with Gasteiger partial charge in [-0.25, -0.2) is 9.97 Å². The first kappa shape index (κ1) is 19.9. The molecule has 0 radical (unpaired) electrons. The number of ether oxygens (including phenoxy) is 1. The lowest BCUT2D eigenvalue weighted by molar-refractivity contribution is 0.340. The summed E-state index contributed by atoms with van der Waals surface area (Å²) < 4.78 is 5.64. The fraction of sp³-hybridized carbons (Fsp3) is 0.208. The molecule has 4 N–H and O–H groups in total. The second-order valence-electron chi connectivity index (χ2n) is 7.58. The molecule has 162 valence electrons. The number of imidazole rings is 1. The fourth-order valence-corrected chi connectivity index (χ4v) is 3.81. The molecule has 0 fully saturated rings. The lowest BCUT2D eigenvalue weighted by Crippen LogP contribution is -2.08. The highest BCUT2D eigenvalue weighted by Crippen LogP contribution is 2.24. The van der Waals surface area contributed by atoms with E-state index in [0.717, 1.165) is 46.1 Å². The molecule has 0 spiro atoms. The zero-order valence-electron chi connectivity index (χ0n) is 18.1. The van der Waals surface area contributed by atoms with E-state index in [0.29, 0.717) is 19.1 Å². The van der Waals surface area contributed by atoms with Crippen LogP contribution in [0.3, 0.4) is 0 Å². The molecule has 3 heterocycles. The van der Waals surface area contributed by atoms with E-state index in [2.05, 4.69) is 47.7 Å². The maximum absolute atomic E-state index is 5.64. The van der Waals surface area contributed by atoms with Crippen LogP contribution in [-0.4, -0.2) is 38.1 Å². The molecule has 8 heteroatoms. The van der Waals surface area contributed by atoms with Gasteiger partial charge in [0.2, 0.25) is 5.95 Å². The second-order valence-corrected chi connectivity index (χ2v) is 7.58. The molecule has 0 amide bonds. The first-order valence-corrected chi connectivity index (χ1v) is 10.7. The van der Waals surface area contributed by atoms with Gasteiger partial charge < -0.3 is 25.3 Å². The van der Waals surface area contributed by atoms with Gasteiger partial charge in [0.1, 0.15) is 17.4 Å². The minimum absolute atomic E-state index is 0.586. The number of rotatable bonds is 8. The molecule has 0 aliphatic heterocycles. The van der Waals surface area contributed by atoms with Crippen LogP contribution >= 0.6 is 0 Å². The Hall–Kier alpha value is -4.07. The third-order valence-corrected chi connectivity index (χ3v) is 5.26. The predicted octanol–water partition coefficient (Wildman–Crippen LogP) is 4.94. The van der Waals surface area contributed by atoms with Crippen molar-refractivity contribution in [2.24, 2.45) is 0 Å². The molecule has 3 aromatic heterocycles. The third-order valence-electron chi connectivity index (χ3n) is 5.26. The predicted molar refractivity (Wildman–Crippen MR) is 128 cm³/mol. The summed E-state index contributed by atoms with van der Waals surface area (Å²) >= 11 is 0. The van der Waals surface area contributed by atoms with Crippen LogP contribution in [0.4, 0.5) is 17.5 Å². The summed E-state index contributed by atoms with van der Waals surface area (Å²) in [4.78, 5) is 19.9. The Kier molecular flexibility index (Phi) is 5.33. The van der Waals surface area contributed by atoms with E-state index in [1.54, 1.807) is 6.20 Å². The summed E-state index contributed by atoms with van der Waals surface area (Å²) in [6, 6.07) is 14.0. The van der Waals surface area contributed by atoms with Gasteiger partial charge in [0.25, 0.3) is 0 Å². The lowest BCUT2D eigenvalue weighted by Gasteiger charge is -2.09. The molecular formula is C24H25N7O. The third kappa shape index (κ3) is 4.20. The molecule has 0 saturated carbocycles. The second kappa shape index (κ2) is 8.58. The maximum atomic E-state index is 5.64. The van der Waals surface area contributed by atoms with Crippen LogP contribution in [0.25, 0.3) is 21.9 Å². The number of hydrogen-bond acceptors (Lipinski definition) is 6. The number of nitrogens with one attached hydrogen (secondary N) is 4. The van der Waals surface area contributed by atoms with E-state index in [1.807, 2.05) is 50.4 Å². The molecule has 0 bridgehead atoms. The zero-order chi connectivity index (χ0) is 21.9. The molecular weight excluding hydrogens is 402 g/mol. The van der Waals surface area contributed by atoms with Crippen LogP contribution in [0.15, 0.2) is 54.9 Å². The van der Waals surface area contributed by atoms with Crippen LogP contribution < -0.4 is 15.4 Å². The highest BCUT2D eigenvalue weighted by Gasteiger charge is 2.07. The van der Waals surface area contributed by atoms with Crippen LogP contribution in [0.1, 0.15) is 18.3 Å². The number of nitrogens with zero attached hydrogens (tertiary/aromatic N) is 3. The van der Waals surface area contributed by atoms with Gasteiger partial charge in [-0.05, 0) is 68.3 Å². The quantitative estimate of drug-likeness (QED) is 0.280. The number of anilines is 3. The van der Waals surface area contributed by atoms with Gasteiger partial charge in [0, 0.05) is 35.5 Å². The number of benzene rings is 2. The monoisotopic (exact) mass is 427 g/mol. The van der Waals surface area contributed by atoms with Crippen molar-refractivity contribution in [1.82, 2.24) is 24.9 Å². The normalized spacial score (nSPS) is 11.2. The van der Waals surface area contributed by atoms with Crippen molar-refractivity contribution in [3.63, 3.8) is 0 Å². The minimum atomic E-state index is 0.586. The highest BCUT2D eigenvalue weighted by molar-refractivity contribution is 5.84. The van der Waals surface area contributed by atoms with Crippen LogP contribution in [0, 0.1) is 6.92 Å². The number of hydrogen-bond donors (Lipinski definition) is 4. The lowest BCUT2D eigenvalue weighted by atomic mass is 10.1.